The van der Waals surface area contributed by atoms with Crippen molar-refractivity contribution in [3.8, 4) is 0 Å². The zero-order valence-electron chi connectivity index (χ0n) is 10.3. The van der Waals surface area contributed by atoms with E-state index in [1.54, 1.807) is 35.7 Å². The van der Waals surface area contributed by atoms with Gasteiger partial charge in [-0.1, -0.05) is 22.9 Å². The van der Waals surface area contributed by atoms with Gasteiger partial charge in [0, 0.05) is 16.0 Å². The van der Waals surface area contributed by atoms with Crippen molar-refractivity contribution < 1.29 is 9.90 Å². The van der Waals surface area contributed by atoms with Crippen molar-refractivity contribution in [2.45, 2.75) is 19.4 Å². The van der Waals surface area contributed by atoms with Crippen LogP contribution in [0.25, 0.3) is 0 Å². The van der Waals surface area contributed by atoms with E-state index in [0.717, 1.165) is 15.9 Å². The van der Waals surface area contributed by atoms with E-state index in [-0.39, 0.29) is 11.6 Å². The van der Waals surface area contributed by atoms with Gasteiger partial charge in [-0.2, -0.15) is 0 Å². The van der Waals surface area contributed by atoms with Crippen LogP contribution < -0.4 is 5.32 Å². The number of hydrogen-bond donors (Lipinski definition) is 2. The van der Waals surface area contributed by atoms with E-state index < -0.39 is 5.97 Å². The summed E-state index contributed by atoms with van der Waals surface area (Å²) in [4.78, 5) is 15.5. The molecule has 100 valence electrons. The molecule has 0 amide bonds. The molecular weight excluding hydrogens is 328 g/mol. The SMILES string of the molecule is CCC(Nc1cc(Br)ccc1C(=O)O)c1nccs1. The number of carboxylic acid groups (broad SMARTS) is 1. The second-order valence-corrected chi connectivity index (χ2v) is 5.81. The average Bonchev–Trinajstić information content (AvgIpc) is 2.89. The molecule has 1 atom stereocenters. The third kappa shape index (κ3) is 3.33. The number of anilines is 1. The number of halogens is 1. The normalized spacial score (nSPS) is 12.1. The number of carboxylic acids is 1. The van der Waals surface area contributed by atoms with Crippen LogP contribution in [0.3, 0.4) is 0 Å². The first-order valence-electron chi connectivity index (χ1n) is 5.80. The van der Waals surface area contributed by atoms with Crippen LogP contribution in [0.2, 0.25) is 0 Å². The van der Waals surface area contributed by atoms with Gasteiger partial charge in [0.1, 0.15) is 5.01 Å². The van der Waals surface area contributed by atoms with Crippen LogP contribution in [0.5, 0.6) is 0 Å². The summed E-state index contributed by atoms with van der Waals surface area (Å²) in [6.07, 6.45) is 2.59. The van der Waals surface area contributed by atoms with E-state index in [1.165, 1.54) is 0 Å². The van der Waals surface area contributed by atoms with Crippen LogP contribution in [0, 0.1) is 0 Å². The summed E-state index contributed by atoms with van der Waals surface area (Å²) >= 11 is 4.92. The topological polar surface area (TPSA) is 62.2 Å². The van der Waals surface area contributed by atoms with Gasteiger partial charge >= 0.3 is 5.97 Å². The van der Waals surface area contributed by atoms with Gasteiger partial charge in [0.05, 0.1) is 17.3 Å². The Morgan fingerprint density at radius 3 is 2.95 bits per heavy atom. The average molecular weight is 341 g/mol. The van der Waals surface area contributed by atoms with Crippen molar-refractivity contribution >= 4 is 38.9 Å². The van der Waals surface area contributed by atoms with Crippen LogP contribution in [-0.4, -0.2) is 16.1 Å². The molecule has 0 aliphatic heterocycles. The van der Waals surface area contributed by atoms with Crippen LogP contribution in [0.15, 0.2) is 34.2 Å². The van der Waals surface area contributed by atoms with Crippen molar-refractivity contribution in [3.63, 3.8) is 0 Å². The molecule has 1 heterocycles. The third-order valence-corrected chi connectivity index (χ3v) is 4.08. The molecule has 1 aromatic carbocycles. The van der Waals surface area contributed by atoms with E-state index in [4.69, 9.17) is 0 Å². The predicted molar refractivity (Wildman–Crippen MR) is 79.9 cm³/mol. The second-order valence-electron chi connectivity index (χ2n) is 3.97. The lowest BCUT2D eigenvalue weighted by Gasteiger charge is -2.17. The molecular formula is C13H13BrN2O2S. The summed E-state index contributed by atoms with van der Waals surface area (Å²) in [5.41, 5.74) is 0.863. The van der Waals surface area contributed by atoms with E-state index in [0.29, 0.717) is 5.69 Å². The fraction of sp³-hybridized carbons (Fsp3) is 0.231. The minimum Gasteiger partial charge on any atom is -0.478 e. The summed E-state index contributed by atoms with van der Waals surface area (Å²) in [7, 11) is 0. The minimum atomic E-state index is -0.941. The number of carbonyl (C=O) groups is 1. The fourth-order valence-corrected chi connectivity index (χ4v) is 2.89. The highest BCUT2D eigenvalue weighted by atomic mass is 79.9. The number of aromatic nitrogens is 1. The Morgan fingerprint density at radius 1 is 1.58 bits per heavy atom. The molecule has 2 N–H and O–H groups in total. The number of benzene rings is 1. The monoisotopic (exact) mass is 340 g/mol. The van der Waals surface area contributed by atoms with Gasteiger partial charge in [-0.25, -0.2) is 9.78 Å². The first-order valence-corrected chi connectivity index (χ1v) is 7.48. The molecule has 0 radical (unpaired) electrons. The largest absolute Gasteiger partial charge is 0.478 e. The number of rotatable bonds is 5. The highest BCUT2D eigenvalue weighted by Gasteiger charge is 2.16. The standard InChI is InChI=1S/C13H13BrN2O2S/c1-2-10(12-15-5-6-19-12)16-11-7-8(14)3-4-9(11)13(17)18/h3-7,10,16H,2H2,1H3,(H,17,18). The summed E-state index contributed by atoms with van der Waals surface area (Å²) in [6, 6.07) is 5.11. The summed E-state index contributed by atoms with van der Waals surface area (Å²) in [6.45, 7) is 2.04. The van der Waals surface area contributed by atoms with Crippen molar-refractivity contribution in [2.75, 3.05) is 5.32 Å². The maximum Gasteiger partial charge on any atom is 0.337 e. The van der Waals surface area contributed by atoms with Crippen molar-refractivity contribution in [3.05, 3.63) is 44.8 Å². The molecule has 0 bridgehead atoms. The smallest absolute Gasteiger partial charge is 0.337 e. The van der Waals surface area contributed by atoms with Gasteiger partial charge in [0.2, 0.25) is 0 Å². The molecule has 2 aromatic rings. The number of aromatic carboxylic acids is 1. The molecule has 0 aliphatic carbocycles. The summed E-state index contributed by atoms with van der Waals surface area (Å²) in [5.74, 6) is -0.941. The summed E-state index contributed by atoms with van der Waals surface area (Å²) in [5, 5.41) is 15.3. The van der Waals surface area contributed by atoms with Gasteiger partial charge in [0.25, 0.3) is 0 Å². The first kappa shape index (κ1) is 14.0. The number of thiazole rings is 1. The van der Waals surface area contributed by atoms with Gasteiger partial charge in [-0.05, 0) is 24.6 Å². The second kappa shape index (κ2) is 6.16. The third-order valence-electron chi connectivity index (χ3n) is 2.70. The van der Waals surface area contributed by atoms with Crippen LogP contribution in [0.1, 0.15) is 34.8 Å². The van der Waals surface area contributed by atoms with Gasteiger partial charge in [0.15, 0.2) is 0 Å². The van der Waals surface area contributed by atoms with Gasteiger partial charge in [-0.15, -0.1) is 11.3 Å². The number of nitrogens with zero attached hydrogens (tertiary/aromatic N) is 1. The lowest BCUT2D eigenvalue weighted by atomic mass is 10.1. The molecule has 1 aromatic heterocycles. The predicted octanol–water partition coefficient (Wildman–Crippen LogP) is 4.17. The van der Waals surface area contributed by atoms with Crippen LogP contribution in [-0.2, 0) is 0 Å². The molecule has 4 nitrogen and oxygen atoms in total. The quantitative estimate of drug-likeness (QED) is 0.857. The minimum absolute atomic E-state index is 0.0207. The number of hydrogen-bond acceptors (Lipinski definition) is 4. The van der Waals surface area contributed by atoms with Crippen LogP contribution in [0.4, 0.5) is 5.69 Å². The molecule has 1 unspecified atom stereocenters. The first-order chi connectivity index (χ1) is 9.11. The molecule has 0 saturated carbocycles. The van der Waals surface area contributed by atoms with E-state index in [2.05, 4.69) is 26.2 Å². The van der Waals surface area contributed by atoms with E-state index >= 15 is 0 Å². The zero-order chi connectivity index (χ0) is 13.8. The van der Waals surface area contributed by atoms with E-state index in [1.807, 2.05) is 12.3 Å². The lowest BCUT2D eigenvalue weighted by molar-refractivity contribution is 0.0698. The molecule has 0 spiro atoms. The van der Waals surface area contributed by atoms with Crippen molar-refractivity contribution in [1.29, 1.82) is 0 Å². The highest BCUT2D eigenvalue weighted by Crippen LogP contribution is 2.28. The fourth-order valence-electron chi connectivity index (χ4n) is 1.76. The molecule has 0 fully saturated rings. The Bertz CT molecular complexity index is 572. The lowest BCUT2D eigenvalue weighted by Crippen LogP contribution is -2.12. The van der Waals surface area contributed by atoms with Crippen LogP contribution >= 0.6 is 27.3 Å². The highest BCUT2D eigenvalue weighted by molar-refractivity contribution is 9.10. The van der Waals surface area contributed by atoms with Crippen molar-refractivity contribution in [1.82, 2.24) is 4.98 Å². The molecule has 6 heteroatoms. The molecule has 19 heavy (non-hydrogen) atoms. The Balaban J connectivity index is 2.31. The Morgan fingerprint density at radius 2 is 2.37 bits per heavy atom. The zero-order valence-corrected chi connectivity index (χ0v) is 12.7. The number of nitrogens with one attached hydrogen (secondary N) is 1. The molecule has 0 aliphatic rings. The molecule has 2 rings (SSSR count). The summed E-state index contributed by atoms with van der Waals surface area (Å²) < 4.78 is 0.842. The Labute approximate surface area is 123 Å². The Hall–Kier alpha value is -1.40. The maximum atomic E-state index is 11.2. The van der Waals surface area contributed by atoms with E-state index in [9.17, 15) is 9.90 Å². The molecule has 0 saturated heterocycles. The van der Waals surface area contributed by atoms with Gasteiger partial charge < -0.3 is 10.4 Å². The van der Waals surface area contributed by atoms with Gasteiger partial charge in [-0.3, -0.25) is 0 Å². The maximum absolute atomic E-state index is 11.2. The Kier molecular flexibility index (Phi) is 4.55. The van der Waals surface area contributed by atoms with Crippen molar-refractivity contribution in [2.24, 2.45) is 0 Å².